The van der Waals surface area contributed by atoms with Crippen LogP contribution in [0.15, 0.2) is 0 Å². The van der Waals surface area contributed by atoms with Gasteiger partial charge < -0.3 is 10.6 Å². The second-order valence-corrected chi connectivity index (χ2v) is 3.86. The molecule has 0 fully saturated rings. The summed E-state index contributed by atoms with van der Waals surface area (Å²) in [6.07, 6.45) is 3.26. The molecule has 0 spiro atoms. The molecule has 0 bridgehead atoms. The maximum atomic E-state index is 5.94. The Morgan fingerprint density at radius 3 is 2.60 bits per heavy atom. The number of anilines is 2. The number of aromatic nitrogens is 2. The third-order valence-corrected chi connectivity index (χ3v) is 3.00. The van der Waals surface area contributed by atoms with Crippen molar-refractivity contribution in [2.75, 3.05) is 23.7 Å². The molecule has 15 heavy (non-hydrogen) atoms. The molecule has 4 nitrogen and oxygen atoms in total. The van der Waals surface area contributed by atoms with Crippen LogP contribution >= 0.6 is 0 Å². The smallest absolute Gasteiger partial charge is 0.227 e. The fraction of sp³-hybridized carbons (Fsp3) is 0.636. The predicted octanol–water partition coefficient (Wildman–Crippen LogP) is 1.39. The minimum absolute atomic E-state index is 0.680. The number of fused-ring (bicyclic) bond motifs is 1. The van der Waals surface area contributed by atoms with Crippen molar-refractivity contribution in [3.63, 3.8) is 0 Å². The quantitative estimate of drug-likeness (QED) is 0.812. The fourth-order valence-corrected chi connectivity index (χ4v) is 2.10. The normalized spacial score (nSPS) is 14.0. The second kappa shape index (κ2) is 4.04. The molecule has 0 saturated heterocycles. The Bertz CT molecular complexity index is 358. The summed E-state index contributed by atoms with van der Waals surface area (Å²) in [4.78, 5) is 11.1. The van der Waals surface area contributed by atoms with Gasteiger partial charge in [-0.05, 0) is 33.1 Å². The zero-order valence-corrected chi connectivity index (χ0v) is 9.45. The Morgan fingerprint density at radius 1 is 1.20 bits per heavy atom. The molecule has 2 rings (SSSR count). The number of hydrogen-bond donors (Lipinski definition) is 1. The van der Waals surface area contributed by atoms with Gasteiger partial charge >= 0.3 is 0 Å². The van der Waals surface area contributed by atoms with Crippen LogP contribution in [-0.2, 0) is 12.8 Å². The van der Waals surface area contributed by atoms with E-state index in [4.69, 9.17) is 5.73 Å². The van der Waals surface area contributed by atoms with E-state index in [9.17, 15) is 0 Å². The topological polar surface area (TPSA) is 55.0 Å². The molecule has 0 amide bonds. The number of hydrogen-bond acceptors (Lipinski definition) is 4. The number of nitrogens with two attached hydrogens (primary N) is 1. The lowest BCUT2D eigenvalue weighted by molar-refractivity contribution is 0.812. The van der Waals surface area contributed by atoms with Gasteiger partial charge in [-0.3, -0.25) is 0 Å². The maximum absolute atomic E-state index is 5.94. The number of rotatable bonds is 3. The van der Waals surface area contributed by atoms with Crippen molar-refractivity contribution < 1.29 is 0 Å². The Balaban J connectivity index is 2.38. The van der Waals surface area contributed by atoms with E-state index in [2.05, 4.69) is 28.7 Å². The molecule has 1 aromatic heterocycles. The molecule has 1 aliphatic rings. The first kappa shape index (κ1) is 10.2. The summed E-state index contributed by atoms with van der Waals surface area (Å²) in [5.41, 5.74) is 8.27. The van der Waals surface area contributed by atoms with E-state index < -0.39 is 0 Å². The van der Waals surface area contributed by atoms with Gasteiger partial charge in [-0.1, -0.05) is 0 Å². The minimum atomic E-state index is 0.680. The standard InChI is InChI=1S/C11H18N4/c1-3-15(4-2)11-13-9-7-5-6-8(9)10(12)14-11/h3-7H2,1-2H3,(H2,12,13,14). The van der Waals surface area contributed by atoms with Gasteiger partial charge in [-0.2, -0.15) is 4.98 Å². The average molecular weight is 206 g/mol. The van der Waals surface area contributed by atoms with Gasteiger partial charge in [0.25, 0.3) is 0 Å². The van der Waals surface area contributed by atoms with Crippen molar-refractivity contribution >= 4 is 11.8 Å². The molecular formula is C11H18N4. The molecule has 0 saturated carbocycles. The van der Waals surface area contributed by atoms with Gasteiger partial charge in [0.1, 0.15) is 5.82 Å². The third kappa shape index (κ3) is 1.76. The minimum Gasteiger partial charge on any atom is -0.383 e. The van der Waals surface area contributed by atoms with E-state index >= 15 is 0 Å². The van der Waals surface area contributed by atoms with E-state index in [1.54, 1.807) is 0 Å². The first-order valence-electron chi connectivity index (χ1n) is 5.66. The van der Waals surface area contributed by atoms with Crippen molar-refractivity contribution in [2.24, 2.45) is 0 Å². The maximum Gasteiger partial charge on any atom is 0.227 e. The summed E-state index contributed by atoms with van der Waals surface area (Å²) in [5, 5.41) is 0. The van der Waals surface area contributed by atoms with Crippen LogP contribution in [0.2, 0.25) is 0 Å². The Hall–Kier alpha value is -1.32. The Labute approximate surface area is 90.5 Å². The van der Waals surface area contributed by atoms with Crippen LogP contribution in [0.25, 0.3) is 0 Å². The summed E-state index contributed by atoms with van der Waals surface area (Å²) in [6.45, 7) is 6.07. The lowest BCUT2D eigenvalue weighted by atomic mass is 10.2. The lowest BCUT2D eigenvalue weighted by Crippen LogP contribution is -2.25. The molecule has 0 unspecified atom stereocenters. The van der Waals surface area contributed by atoms with Crippen LogP contribution in [-0.4, -0.2) is 23.1 Å². The van der Waals surface area contributed by atoms with Gasteiger partial charge in [-0.15, -0.1) is 0 Å². The lowest BCUT2D eigenvalue weighted by Gasteiger charge is -2.19. The largest absolute Gasteiger partial charge is 0.383 e. The number of nitrogens with zero attached hydrogens (tertiary/aromatic N) is 3. The van der Waals surface area contributed by atoms with Crippen LogP contribution < -0.4 is 10.6 Å². The highest BCUT2D eigenvalue weighted by molar-refractivity contribution is 5.49. The van der Waals surface area contributed by atoms with Crippen LogP contribution in [0.5, 0.6) is 0 Å². The summed E-state index contributed by atoms with van der Waals surface area (Å²) in [6, 6.07) is 0. The zero-order valence-electron chi connectivity index (χ0n) is 9.45. The van der Waals surface area contributed by atoms with Crippen LogP contribution in [0.4, 0.5) is 11.8 Å². The van der Waals surface area contributed by atoms with Crippen LogP contribution in [0.1, 0.15) is 31.5 Å². The SMILES string of the molecule is CCN(CC)c1nc(N)c2c(n1)CCC2. The predicted molar refractivity (Wildman–Crippen MR) is 62.0 cm³/mol. The first-order valence-corrected chi connectivity index (χ1v) is 5.66. The molecule has 82 valence electrons. The molecule has 1 heterocycles. The molecule has 1 aliphatic carbocycles. The van der Waals surface area contributed by atoms with Crippen LogP contribution in [0, 0.1) is 0 Å². The van der Waals surface area contributed by atoms with E-state index in [0.29, 0.717) is 5.82 Å². The summed E-state index contributed by atoms with van der Waals surface area (Å²) in [7, 11) is 0. The molecule has 0 radical (unpaired) electrons. The van der Waals surface area contributed by atoms with Crippen molar-refractivity contribution in [3.8, 4) is 0 Å². The molecule has 1 aromatic rings. The van der Waals surface area contributed by atoms with Crippen molar-refractivity contribution in [2.45, 2.75) is 33.1 Å². The highest BCUT2D eigenvalue weighted by Gasteiger charge is 2.19. The molecular weight excluding hydrogens is 188 g/mol. The Kier molecular flexibility index (Phi) is 2.75. The van der Waals surface area contributed by atoms with Crippen LogP contribution in [0.3, 0.4) is 0 Å². The summed E-state index contributed by atoms with van der Waals surface area (Å²) >= 11 is 0. The van der Waals surface area contributed by atoms with Crippen molar-refractivity contribution in [1.29, 1.82) is 0 Å². The monoisotopic (exact) mass is 206 g/mol. The molecule has 0 atom stereocenters. The number of nitrogen functional groups attached to an aromatic ring is 1. The third-order valence-electron chi connectivity index (χ3n) is 3.00. The molecule has 0 aromatic carbocycles. The molecule has 0 aliphatic heterocycles. The highest BCUT2D eigenvalue weighted by atomic mass is 15.3. The highest BCUT2D eigenvalue weighted by Crippen LogP contribution is 2.26. The van der Waals surface area contributed by atoms with E-state index in [1.807, 2.05) is 0 Å². The summed E-state index contributed by atoms with van der Waals surface area (Å²) in [5.74, 6) is 1.47. The Morgan fingerprint density at radius 2 is 1.93 bits per heavy atom. The second-order valence-electron chi connectivity index (χ2n) is 3.86. The van der Waals surface area contributed by atoms with Crippen molar-refractivity contribution in [3.05, 3.63) is 11.3 Å². The van der Waals surface area contributed by atoms with Gasteiger partial charge in [0.05, 0.1) is 5.69 Å². The van der Waals surface area contributed by atoms with Gasteiger partial charge in [0.15, 0.2) is 0 Å². The molecule has 4 heteroatoms. The number of aryl methyl sites for hydroxylation is 1. The average Bonchev–Trinajstić information content (AvgIpc) is 2.68. The van der Waals surface area contributed by atoms with Gasteiger partial charge in [0.2, 0.25) is 5.95 Å². The van der Waals surface area contributed by atoms with E-state index in [1.165, 1.54) is 5.56 Å². The molecule has 2 N–H and O–H groups in total. The van der Waals surface area contributed by atoms with Crippen molar-refractivity contribution in [1.82, 2.24) is 9.97 Å². The van der Waals surface area contributed by atoms with Gasteiger partial charge in [-0.25, -0.2) is 4.98 Å². The van der Waals surface area contributed by atoms with Gasteiger partial charge in [0, 0.05) is 18.7 Å². The first-order chi connectivity index (χ1) is 7.26. The van der Waals surface area contributed by atoms with E-state index in [0.717, 1.165) is 44.0 Å². The zero-order chi connectivity index (χ0) is 10.8. The van der Waals surface area contributed by atoms with E-state index in [-0.39, 0.29) is 0 Å². The fourth-order valence-electron chi connectivity index (χ4n) is 2.10. The summed E-state index contributed by atoms with van der Waals surface area (Å²) < 4.78 is 0.